The number of hydrogen-bond acceptors (Lipinski definition) is 2. The molecule has 0 aromatic carbocycles. The number of rotatable bonds is 1. The highest BCUT2D eigenvalue weighted by molar-refractivity contribution is 5.80. The monoisotopic (exact) mass is 143 g/mol. The predicted octanol–water partition coefficient (Wildman–Crippen LogP) is -0.155. The molecule has 1 heterocycles. The maximum atomic E-state index is 11.1. The van der Waals surface area contributed by atoms with Crippen LogP contribution >= 0.6 is 0 Å². The molecule has 10 heavy (non-hydrogen) atoms. The molecule has 1 saturated heterocycles. The quantitative estimate of drug-likeness (QED) is 0.554. The van der Waals surface area contributed by atoms with Gasteiger partial charge in [-0.05, 0) is 6.42 Å². The van der Waals surface area contributed by atoms with Crippen molar-refractivity contribution < 1.29 is 9.90 Å². The zero-order valence-corrected chi connectivity index (χ0v) is 6.37. The molecule has 0 aromatic heterocycles. The fraction of sp³-hybridized carbons (Fsp3) is 0.857. The van der Waals surface area contributed by atoms with Crippen LogP contribution in [0.15, 0.2) is 0 Å². The van der Waals surface area contributed by atoms with Gasteiger partial charge < -0.3 is 10.0 Å². The van der Waals surface area contributed by atoms with Gasteiger partial charge in [0.2, 0.25) is 5.91 Å². The Hall–Kier alpha value is -0.570. The molecule has 0 spiro atoms. The number of amides is 1. The summed E-state index contributed by atoms with van der Waals surface area (Å²) < 4.78 is 0. The van der Waals surface area contributed by atoms with Crippen molar-refractivity contribution in [2.45, 2.75) is 19.4 Å². The maximum Gasteiger partial charge on any atom is 0.225 e. The Morgan fingerprint density at radius 3 is 2.60 bits per heavy atom. The molecule has 1 fully saturated rings. The molecular weight excluding hydrogens is 130 g/mol. The van der Waals surface area contributed by atoms with E-state index in [1.807, 2.05) is 6.92 Å². The van der Waals surface area contributed by atoms with Gasteiger partial charge in [-0.2, -0.15) is 0 Å². The molecule has 1 aliphatic heterocycles. The number of carbonyl (C=O) groups is 1. The van der Waals surface area contributed by atoms with Crippen LogP contribution in [0.3, 0.4) is 0 Å². The molecular formula is C7H13NO2. The molecule has 1 rings (SSSR count). The van der Waals surface area contributed by atoms with Gasteiger partial charge in [-0.3, -0.25) is 4.79 Å². The van der Waals surface area contributed by atoms with E-state index in [0.717, 1.165) is 6.42 Å². The molecule has 0 aliphatic carbocycles. The number of nitrogens with zero attached hydrogens (tertiary/aromatic N) is 1. The first-order valence-corrected chi connectivity index (χ1v) is 3.54. The number of hydrogen-bond donors (Lipinski definition) is 1. The first kappa shape index (κ1) is 7.54. The lowest BCUT2D eigenvalue weighted by Gasteiger charge is -2.16. The number of likely N-dealkylation sites (N-methyl/N-ethyl adjacent to an activating group) is 1. The van der Waals surface area contributed by atoms with Crippen molar-refractivity contribution in [1.82, 2.24) is 4.90 Å². The van der Waals surface area contributed by atoms with Crippen LogP contribution in [0.4, 0.5) is 0 Å². The Balaban J connectivity index is 2.61. The lowest BCUT2D eigenvalue weighted by atomic mass is 10.1. The molecule has 0 bridgehead atoms. The van der Waals surface area contributed by atoms with Gasteiger partial charge in [-0.15, -0.1) is 0 Å². The average Bonchev–Trinajstić information content (AvgIpc) is 2.17. The van der Waals surface area contributed by atoms with E-state index in [2.05, 4.69) is 0 Å². The largest absolute Gasteiger partial charge is 0.394 e. The molecule has 2 atom stereocenters. The second-order valence-electron chi connectivity index (χ2n) is 2.92. The van der Waals surface area contributed by atoms with Crippen LogP contribution in [0.2, 0.25) is 0 Å². The summed E-state index contributed by atoms with van der Waals surface area (Å²) in [7, 11) is 1.74. The average molecular weight is 143 g/mol. The number of aliphatic hydroxyl groups is 1. The maximum absolute atomic E-state index is 11.1. The van der Waals surface area contributed by atoms with Crippen LogP contribution in [-0.2, 0) is 4.79 Å². The molecule has 2 unspecified atom stereocenters. The third-order valence-electron chi connectivity index (χ3n) is 2.15. The highest BCUT2D eigenvalue weighted by Crippen LogP contribution is 2.21. The second-order valence-corrected chi connectivity index (χ2v) is 2.92. The van der Waals surface area contributed by atoms with E-state index in [0.29, 0.717) is 0 Å². The molecule has 58 valence electrons. The SMILES string of the molecule is CC1CC(CO)N(C)C1=O. The van der Waals surface area contributed by atoms with Crippen molar-refractivity contribution in [3.63, 3.8) is 0 Å². The molecule has 0 aromatic rings. The van der Waals surface area contributed by atoms with Crippen LogP contribution < -0.4 is 0 Å². The highest BCUT2D eigenvalue weighted by Gasteiger charge is 2.33. The predicted molar refractivity (Wildman–Crippen MR) is 37.4 cm³/mol. The minimum absolute atomic E-state index is 0.0579. The fourth-order valence-corrected chi connectivity index (χ4v) is 1.39. The molecule has 3 heteroatoms. The summed E-state index contributed by atoms with van der Waals surface area (Å²) in [6.07, 6.45) is 0.797. The molecule has 3 nitrogen and oxygen atoms in total. The zero-order valence-electron chi connectivity index (χ0n) is 6.37. The summed E-state index contributed by atoms with van der Waals surface area (Å²) in [6.45, 7) is 1.99. The number of carbonyl (C=O) groups excluding carboxylic acids is 1. The van der Waals surface area contributed by atoms with Gasteiger partial charge in [0.25, 0.3) is 0 Å². The number of aliphatic hydroxyl groups excluding tert-OH is 1. The Kier molecular flexibility index (Phi) is 1.94. The van der Waals surface area contributed by atoms with Crippen LogP contribution in [-0.4, -0.2) is 35.6 Å². The lowest BCUT2D eigenvalue weighted by Crippen LogP contribution is -2.31. The summed E-state index contributed by atoms with van der Waals surface area (Å²) in [5.41, 5.74) is 0. The smallest absolute Gasteiger partial charge is 0.225 e. The van der Waals surface area contributed by atoms with Gasteiger partial charge in [-0.1, -0.05) is 6.92 Å². The van der Waals surface area contributed by atoms with E-state index in [1.54, 1.807) is 11.9 Å². The molecule has 0 radical (unpaired) electrons. The van der Waals surface area contributed by atoms with E-state index in [-0.39, 0.29) is 24.5 Å². The van der Waals surface area contributed by atoms with E-state index in [4.69, 9.17) is 5.11 Å². The Morgan fingerprint density at radius 2 is 2.40 bits per heavy atom. The van der Waals surface area contributed by atoms with Crippen LogP contribution in [0.5, 0.6) is 0 Å². The molecule has 1 aliphatic rings. The van der Waals surface area contributed by atoms with Crippen molar-refractivity contribution >= 4 is 5.91 Å². The Bertz CT molecular complexity index is 147. The summed E-state index contributed by atoms with van der Waals surface area (Å²) in [6, 6.07) is 0.0579. The minimum Gasteiger partial charge on any atom is -0.394 e. The summed E-state index contributed by atoms with van der Waals surface area (Å²) >= 11 is 0. The minimum atomic E-state index is 0.0579. The lowest BCUT2D eigenvalue weighted by molar-refractivity contribution is -0.130. The van der Waals surface area contributed by atoms with Gasteiger partial charge in [0.05, 0.1) is 12.6 Å². The third kappa shape index (κ3) is 1.01. The van der Waals surface area contributed by atoms with Gasteiger partial charge in [0.1, 0.15) is 0 Å². The van der Waals surface area contributed by atoms with Crippen LogP contribution in [0.1, 0.15) is 13.3 Å². The zero-order chi connectivity index (χ0) is 7.72. The van der Waals surface area contributed by atoms with Crippen molar-refractivity contribution in [1.29, 1.82) is 0 Å². The fourth-order valence-electron chi connectivity index (χ4n) is 1.39. The van der Waals surface area contributed by atoms with Crippen molar-refractivity contribution in [2.75, 3.05) is 13.7 Å². The van der Waals surface area contributed by atoms with Gasteiger partial charge in [0.15, 0.2) is 0 Å². The van der Waals surface area contributed by atoms with Crippen molar-refractivity contribution in [3.8, 4) is 0 Å². The van der Waals surface area contributed by atoms with Crippen LogP contribution in [0.25, 0.3) is 0 Å². The summed E-state index contributed by atoms with van der Waals surface area (Å²) in [4.78, 5) is 12.7. The van der Waals surface area contributed by atoms with E-state index >= 15 is 0 Å². The van der Waals surface area contributed by atoms with E-state index in [9.17, 15) is 4.79 Å². The summed E-state index contributed by atoms with van der Waals surface area (Å²) in [5.74, 6) is 0.251. The van der Waals surface area contributed by atoms with Gasteiger partial charge in [-0.25, -0.2) is 0 Å². The van der Waals surface area contributed by atoms with Crippen LogP contribution in [0, 0.1) is 5.92 Å². The first-order valence-electron chi connectivity index (χ1n) is 3.54. The standard InChI is InChI=1S/C7H13NO2/c1-5-3-6(4-9)8(2)7(5)10/h5-6,9H,3-4H2,1-2H3. The summed E-state index contributed by atoms with van der Waals surface area (Å²) in [5, 5.41) is 8.78. The Labute approximate surface area is 60.6 Å². The third-order valence-corrected chi connectivity index (χ3v) is 2.15. The molecule has 1 amide bonds. The highest BCUT2D eigenvalue weighted by atomic mass is 16.3. The Morgan fingerprint density at radius 1 is 1.80 bits per heavy atom. The number of likely N-dealkylation sites (tertiary alicyclic amines) is 1. The van der Waals surface area contributed by atoms with E-state index < -0.39 is 0 Å². The second kappa shape index (κ2) is 2.58. The molecule has 1 N–H and O–H groups in total. The van der Waals surface area contributed by atoms with E-state index in [1.165, 1.54) is 0 Å². The van der Waals surface area contributed by atoms with Crippen molar-refractivity contribution in [2.24, 2.45) is 5.92 Å². The normalized spacial score (nSPS) is 33.5. The van der Waals surface area contributed by atoms with Crippen molar-refractivity contribution in [3.05, 3.63) is 0 Å². The topological polar surface area (TPSA) is 40.5 Å². The van der Waals surface area contributed by atoms with Gasteiger partial charge in [0, 0.05) is 13.0 Å². The first-order chi connectivity index (χ1) is 4.66. The van der Waals surface area contributed by atoms with Gasteiger partial charge >= 0.3 is 0 Å². The molecule has 0 saturated carbocycles.